The smallest absolute Gasteiger partial charge is 0.326 e. The molecule has 0 spiro atoms. The van der Waals surface area contributed by atoms with Gasteiger partial charge in [0.1, 0.15) is 52.8 Å². The summed E-state index contributed by atoms with van der Waals surface area (Å²) in [6.45, 7) is 2.07. The maximum Gasteiger partial charge on any atom is 0.326 e. The van der Waals surface area contributed by atoms with Crippen molar-refractivity contribution in [3.63, 3.8) is 0 Å². The zero-order valence-electron chi connectivity index (χ0n) is 20.9. The molecule has 0 atom stereocenters. The van der Waals surface area contributed by atoms with Gasteiger partial charge in [0, 0.05) is 10.6 Å². The molecule has 0 unspecified atom stereocenters. The Morgan fingerprint density at radius 3 is 2.03 bits per heavy atom. The highest BCUT2D eigenvalue weighted by Crippen LogP contribution is 2.24. The van der Waals surface area contributed by atoms with Crippen molar-refractivity contribution in [2.24, 2.45) is 0 Å². The molecule has 0 saturated carbocycles. The Labute approximate surface area is 203 Å². The first-order valence-corrected chi connectivity index (χ1v) is 10.8. The molecule has 1 amide bonds. The standard InChI is InChI=1S/C15H23B10ClN2O4/c1-2-3(6(17)9(26)8(19)5(2)16)4-7(18)11(31-24)10(27-12(4)20)13(29)28(23)15(21,22)14(30)32-25/h16-25H2,1H3. The van der Waals surface area contributed by atoms with E-state index in [-0.39, 0.29) is 5.69 Å². The van der Waals surface area contributed by atoms with Gasteiger partial charge in [0.2, 0.25) is 7.98 Å². The summed E-state index contributed by atoms with van der Waals surface area (Å²) in [5.74, 6) is -0.578. The van der Waals surface area contributed by atoms with Crippen LogP contribution >= 0.6 is 11.6 Å². The SMILES string of the molecule is BOC(=O)C(B)(B)N(B)C(=O)c1nc(B)c(-c2c(B)c(Cl)c(B)c(B)c2C)c(B)c1OB. The van der Waals surface area contributed by atoms with Gasteiger partial charge in [-0.1, -0.05) is 33.6 Å². The molecule has 17 heteroatoms. The van der Waals surface area contributed by atoms with E-state index in [1.807, 2.05) is 31.4 Å². The lowest BCUT2D eigenvalue weighted by atomic mass is 9.59. The zero-order valence-corrected chi connectivity index (χ0v) is 21.7. The fourth-order valence-corrected chi connectivity index (χ4v) is 4.32. The number of hydrogen-bond donors (Lipinski definition) is 0. The predicted octanol–water partition coefficient (Wildman–Crippen LogP) is -11.1. The number of aromatic nitrogens is 1. The van der Waals surface area contributed by atoms with Gasteiger partial charge < -0.3 is 14.1 Å². The number of rotatable bonds is 5. The Bertz CT molecular complexity index is 1100. The third-order valence-corrected chi connectivity index (χ3v) is 7.16. The summed E-state index contributed by atoms with van der Waals surface area (Å²) < 4.78 is 10.5. The minimum absolute atomic E-state index is 0.149. The van der Waals surface area contributed by atoms with Gasteiger partial charge in [-0.15, -0.1) is 0 Å². The normalized spacial score (nSPS) is 11.1. The molecule has 0 bridgehead atoms. The minimum Gasteiger partial charge on any atom is -0.567 e. The molecule has 2 rings (SSSR count). The van der Waals surface area contributed by atoms with Crippen LogP contribution in [0.3, 0.4) is 0 Å². The molecule has 154 valence electrons. The Hall–Kier alpha value is -1.95. The monoisotopic (exact) mass is 440 g/mol. The van der Waals surface area contributed by atoms with E-state index >= 15 is 0 Å². The molecule has 0 radical (unpaired) electrons. The fraction of sp³-hybridized carbons (Fsp3) is 0.133. The summed E-state index contributed by atoms with van der Waals surface area (Å²) in [6.07, 6.45) is 0. The van der Waals surface area contributed by atoms with Crippen molar-refractivity contribution in [2.45, 2.75) is 12.3 Å². The van der Waals surface area contributed by atoms with Gasteiger partial charge in [0.05, 0.1) is 5.34 Å². The lowest BCUT2D eigenvalue weighted by molar-refractivity contribution is -0.136. The van der Waals surface area contributed by atoms with Crippen LogP contribution in [0.2, 0.25) is 5.02 Å². The fourth-order valence-electron chi connectivity index (χ4n) is 4.08. The molecule has 0 saturated heterocycles. The summed E-state index contributed by atoms with van der Waals surface area (Å²) in [5, 5.41) is -0.450. The van der Waals surface area contributed by atoms with Gasteiger partial charge in [-0.05, 0) is 23.5 Å². The first-order valence-electron chi connectivity index (χ1n) is 10.4. The number of benzene rings is 1. The highest BCUT2D eigenvalue weighted by atomic mass is 35.5. The van der Waals surface area contributed by atoms with Crippen LogP contribution in [0.25, 0.3) is 11.1 Å². The number of carbonyl (C=O) groups excluding carboxylic acids is 2. The number of hydrogen-bond acceptors (Lipinski definition) is 5. The van der Waals surface area contributed by atoms with Crippen LogP contribution in [0.15, 0.2) is 0 Å². The maximum atomic E-state index is 13.4. The first kappa shape index (κ1) is 26.3. The van der Waals surface area contributed by atoms with E-state index in [0.29, 0.717) is 11.3 Å². The molecule has 2 aromatic rings. The Kier molecular flexibility index (Phi) is 7.81. The second-order valence-corrected chi connectivity index (χ2v) is 9.06. The summed E-state index contributed by atoms with van der Waals surface area (Å²) in [5.41, 5.74) is 7.77. The molecule has 0 aliphatic heterocycles. The van der Waals surface area contributed by atoms with Crippen LogP contribution in [0.1, 0.15) is 16.1 Å². The predicted molar refractivity (Wildman–Crippen MR) is 159 cm³/mol. The molecule has 1 heterocycles. The van der Waals surface area contributed by atoms with E-state index < -0.39 is 17.2 Å². The molecule has 1 aromatic carbocycles. The van der Waals surface area contributed by atoms with Gasteiger partial charge in [0.25, 0.3) is 11.9 Å². The van der Waals surface area contributed by atoms with Crippen molar-refractivity contribution >= 4 is 130 Å². The molecule has 6 nitrogen and oxygen atoms in total. The van der Waals surface area contributed by atoms with Crippen LogP contribution in [-0.2, 0) is 9.45 Å². The largest absolute Gasteiger partial charge is 0.567 e. The quantitative estimate of drug-likeness (QED) is 0.434. The molecular formula is C15H23B10ClN2O4. The molecule has 0 aliphatic carbocycles. The first-order chi connectivity index (χ1) is 14.7. The Morgan fingerprint density at radius 2 is 1.53 bits per heavy atom. The van der Waals surface area contributed by atoms with E-state index in [2.05, 4.69) is 19.8 Å². The molecular weight excluding hydrogens is 416 g/mol. The van der Waals surface area contributed by atoms with Crippen molar-refractivity contribution in [3.05, 3.63) is 16.3 Å². The molecule has 0 N–H and O–H groups in total. The van der Waals surface area contributed by atoms with E-state index in [1.54, 1.807) is 23.7 Å². The van der Waals surface area contributed by atoms with Gasteiger partial charge in [0.15, 0.2) is 13.5 Å². The molecule has 1 aromatic heterocycles. The van der Waals surface area contributed by atoms with E-state index in [1.165, 1.54) is 20.9 Å². The van der Waals surface area contributed by atoms with Gasteiger partial charge in [-0.2, -0.15) is 0 Å². The third-order valence-electron chi connectivity index (χ3n) is 6.59. The van der Waals surface area contributed by atoms with Crippen LogP contribution in [0.5, 0.6) is 5.75 Å². The molecule has 0 fully saturated rings. The lowest BCUT2D eigenvalue weighted by Crippen LogP contribution is -2.58. The van der Waals surface area contributed by atoms with Crippen molar-refractivity contribution in [1.82, 2.24) is 9.79 Å². The Morgan fingerprint density at radius 1 is 0.969 bits per heavy atom. The summed E-state index contributed by atoms with van der Waals surface area (Å²) in [4.78, 5) is 31.6. The van der Waals surface area contributed by atoms with Gasteiger partial charge in [-0.25, -0.2) is 0 Å². The number of halogens is 1. The van der Waals surface area contributed by atoms with Crippen LogP contribution < -0.4 is 32.1 Å². The zero-order chi connectivity index (χ0) is 24.7. The average molecular weight is 439 g/mol. The summed E-state index contributed by atoms with van der Waals surface area (Å²) >= 11 is 6.65. The lowest BCUT2D eigenvalue weighted by Gasteiger charge is -2.35. The van der Waals surface area contributed by atoms with E-state index in [0.717, 1.165) is 43.6 Å². The second-order valence-electron chi connectivity index (χ2n) is 8.68. The highest BCUT2D eigenvalue weighted by molar-refractivity contribution is 6.61. The van der Waals surface area contributed by atoms with Crippen LogP contribution in [0, 0.1) is 6.92 Å². The van der Waals surface area contributed by atoms with Gasteiger partial charge >= 0.3 is 16.1 Å². The number of carbonyl (C=O) groups is 2. The van der Waals surface area contributed by atoms with Crippen molar-refractivity contribution in [3.8, 4) is 16.9 Å². The highest BCUT2D eigenvalue weighted by Gasteiger charge is 2.37. The Balaban J connectivity index is 2.80. The maximum absolute atomic E-state index is 13.4. The molecule has 0 aliphatic rings. The summed E-state index contributed by atoms with van der Waals surface area (Å²) in [7, 11) is 17.4. The number of amides is 1. The van der Waals surface area contributed by atoms with Gasteiger partial charge in [-0.3, -0.25) is 14.6 Å². The minimum atomic E-state index is -1.17. The average Bonchev–Trinajstić information content (AvgIpc) is 2.76. The van der Waals surface area contributed by atoms with Crippen molar-refractivity contribution in [2.75, 3.05) is 0 Å². The second kappa shape index (κ2) is 9.50. The van der Waals surface area contributed by atoms with Crippen molar-refractivity contribution < 1.29 is 18.9 Å². The van der Waals surface area contributed by atoms with Crippen LogP contribution in [-0.4, -0.2) is 106 Å². The topological polar surface area (TPSA) is 68.7 Å². The number of pyridine rings is 1. The molecule has 32 heavy (non-hydrogen) atoms. The van der Waals surface area contributed by atoms with E-state index in [4.69, 9.17) is 20.9 Å². The van der Waals surface area contributed by atoms with Crippen LogP contribution in [0.4, 0.5) is 0 Å². The number of nitrogens with zero attached hydrogens (tertiary/aromatic N) is 2. The summed E-state index contributed by atoms with van der Waals surface area (Å²) in [6, 6.07) is 0. The van der Waals surface area contributed by atoms with E-state index in [9.17, 15) is 9.59 Å². The van der Waals surface area contributed by atoms with Crippen molar-refractivity contribution in [1.29, 1.82) is 0 Å². The third kappa shape index (κ3) is 4.18.